The molecule has 0 aliphatic rings. The minimum atomic E-state index is -0.575. The van der Waals surface area contributed by atoms with Crippen LogP contribution in [0, 0.1) is 10.1 Å². The summed E-state index contributed by atoms with van der Waals surface area (Å²) in [5.74, 6) is 5.74. The molecule has 1 aromatic heterocycles. The summed E-state index contributed by atoms with van der Waals surface area (Å²) in [7, 11) is 0. The summed E-state index contributed by atoms with van der Waals surface area (Å²) in [5.41, 5.74) is 2.55. The normalized spacial score (nSPS) is 10.2. The summed E-state index contributed by atoms with van der Waals surface area (Å²) in [5, 5.41) is 11.6. The number of hydrazine groups is 1. The van der Waals surface area contributed by atoms with Crippen molar-refractivity contribution in [1.82, 2.24) is 4.98 Å². The number of nitro benzene ring substituents is 1. The molecule has 0 fully saturated rings. The number of nitrogens with two attached hydrogens (primary N) is 1. The van der Waals surface area contributed by atoms with E-state index in [1.165, 1.54) is 18.2 Å². The number of nitrogens with zero attached hydrogens (tertiary/aromatic N) is 2. The zero-order chi connectivity index (χ0) is 15.4. The topological polar surface area (TPSA) is 103 Å². The lowest BCUT2D eigenvalue weighted by atomic mass is 10.3. The Morgan fingerprint density at radius 1 is 1.33 bits per heavy atom. The Labute approximate surface area is 129 Å². The molecule has 110 valence electrons. The zero-order valence-electron chi connectivity index (χ0n) is 10.5. The van der Waals surface area contributed by atoms with Gasteiger partial charge in [-0.15, -0.1) is 0 Å². The number of nitrogen functional groups attached to an aromatic ring is 1. The smallest absolute Gasteiger partial charge is 0.312 e. The maximum atomic E-state index is 11.0. The number of hydrogen-bond acceptors (Lipinski definition) is 6. The van der Waals surface area contributed by atoms with Crippen LogP contribution in [0.15, 0.2) is 30.3 Å². The maximum Gasteiger partial charge on any atom is 0.312 e. The van der Waals surface area contributed by atoms with Crippen LogP contribution in [0.5, 0.6) is 5.75 Å². The van der Waals surface area contributed by atoms with Gasteiger partial charge in [0.25, 0.3) is 0 Å². The fourth-order valence-corrected chi connectivity index (χ4v) is 1.89. The fraction of sp³-hybridized carbons (Fsp3) is 0.0833. The van der Waals surface area contributed by atoms with E-state index >= 15 is 0 Å². The molecule has 21 heavy (non-hydrogen) atoms. The second-order valence-corrected chi connectivity index (χ2v) is 4.77. The molecule has 0 saturated heterocycles. The van der Waals surface area contributed by atoms with Gasteiger partial charge in [0.1, 0.15) is 12.4 Å². The van der Waals surface area contributed by atoms with Crippen LogP contribution in [0.2, 0.25) is 10.0 Å². The molecule has 0 amide bonds. The molecule has 0 radical (unpaired) electrons. The monoisotopic (exact) mass is 328 g/mol. The Bertz CT molecular complexity index is 682. The molecule has 2 aromatic rings. The van der Waals surface area contributed by atoms with Gasteiger partial charge < -0.3 is 10.2 Å². The summed E-state index contributed by atoms with van der Waals surface area (Å²) in [6, 6.07) is 7.31. The van der Waals surface area contributed by atoms with E-state index in [9.17, 15) is 10.1 Å². The van der Waals surface area contributed by atoms with Gasteiger partial charge in [0.15, 0.2) is 5.75 Å². The largest absolute Gasteiger partial charge is 0.480 e. The van der Waals surface area contributed by atoms with Crippen molar-refractivity contribution in [1.29, 1.82) is 0 Å². The van der Waals surface area contributed by atoms with Gasteiger partial charge in [-0.3, -0.25) is 10.1 Å². The van der Waals surface area contributed by atoms with Crippen LogP contribution >= 0.6 is 23.2 Å². The molecular weight excluding hydrogens is 319 g/mol. The first-order valence-corrected chi connectivity index (χ1v) is 6.45. The molecule has 1 aromatic carbocycles. The summed E-state index contributed by atoms with van der Waals surface area (Å²) in [4.78, 5) is 14.5. The van der Waals surface area contributed by atoms with E-state index in [0.29, 0.717) is 16.5 Å². The fourth-order valence-electron chi connectivity index (χ4n) is 1.57. The minimum absolute atomic E-state index is 0.0448. The van der Waals surface area contributed by atoms with Crippen LogP contribution in [0.4, 0.5) is 11.5 Å². The van der Waals surface area contributed by atoms with E-state index in [4.69, 9.17) is 33.8 Å². The number of pyridine rings is 1. The number of nitrogens with one attached hydrogen (secondary N) is 1. The van der Waals surface area contributed by atoms with E-state index in [2.05, 4.69) is 10.4 Å². The highest BCUT2D eigenvalue weighted by Crippen LogP contribution is 2.31. The van der Waals surface area contributed by atoms with Crippen molar-refractivity contribution in [2.24, 2.45) is 5.84 Å². The van der Waals surface area contributed by atoms with Crippen molar-refractivity contribution in [3.05, 3.63) is 56.2 Å². The zero-order valence-corrected chi connectivity index (χ0v) is 12.1. The first-order valence-electron chi connectivity index (χ1n) is 5.70. The number of benzene rings is 1. The van der Waals surface area contributed by atoms with E-state index in [-0.39, 0.29) is 23.1 Å². The second-order valence-electron chi connectivity index (χ2n) is 3.93. The van der Waals surface area contributed by atoms with Crippen molar-refractivity contribution in [3.8, 4) is 5.75 Å². The van der Waals surface area contributed by atoms with Crippen molar-refractivity contribution in [2.45, 2.75) is 6.61 Å². The quantitative estimate of drug-likeness (QED) is 0.496. The number of nitro groups is 1. The predicted octanol–water partition coefficient (Wildman–Crippen LogP) is 3.16. The Balaban J connectivity index is 2.22. The standard InChI is InChI=1S/C12H10Cl2N4O3/c13-7-1-3-11(10(5-7)18(19)20)21-6-9-8(14)2-4-12(16-9)17-15/h1-5H,6,15H2,(H,16,17). The number of anilines is 1. The highest BCUT2D eigenvalue weighted by atomic mass is 35.5. The van der Waals surface area contributed by atoms with Crippen LogP contribution in [-0.4, -0.2) is 9.91 Å². The molecule has 1 heterocycles. The molecule has 3 N–H and O–H groups in total. The highest BCUT2D eigenvalue weighted by Gasteiger charge is 2.16. The van der Waals surface area contributed by atoms with Gasteiger partial charge in [0, 0.05) is 11.1 Å². The minimum Gasteiger partial charge on any atom is -0.480 e. The average molecular weight is 329 g/mol. The second kappa shape index (κ2) is 6.57. The summed E-state index contributed by atoms with van der Waals surface area (Å²) in [6.45, 7) is -0.0448. The van der Waals surface area contributed by atoms with E-state index in [1.54, 1.807) is 12.1 Å². The molecule has 0 atom stereocenters. The molecule has 2 rings (SSSR count). The molecule has 7 nitrogen and oxygen atoms in total. The van der Waals surface area contributed by atoms with Crippen molar-refractivity contribution >= 4 is 34.7 Å². The molecule has 0 bridgehead atoms. The van der Waals surface area contributed by atoms with Gasteiger partial charge in [-0.05, 0) is 24.3 Å². The number of hydrogen-bond donors (Lipinski definition) is 2. The number of rotatable bonds is 5. The van der Waals surface area contributed by atoms with Gasteiger partial charge in [0.05, 0.1) is 15.6 Å². The third kappa shape index (κ3) is 3.72. The molecule has 0 aliphatic carbocycles. The van der Waals surface area contributed by atoms with Crippen LogP contribution in [0.1, 0.15) is 5.69 Å². The summed E-state index contributed by atoms with van der Waals surface area (Å²) in [6.07, 6.45) is 0. The summed E-state index contributed by atoms with van der Waals surface area (Å²) < 4.78 is 5.40. The Morgan fingerprint density at radius 3 is 2.76 bits per heavy atom. The number of ether oxygens (including phenoxy) is 1. The van der Waals surface area contributed by atoms with Gasteiger partial charge in [0.2, 0.25) is 0 Å². The lowest BCUT2D eigenvalue weighted by Gasteiger charge is -2.09. The summed E-state index contributed by atoms with van der Waals surface area (Å²) >= 11 is 11.7. The molecule has 0 spiro atoms. The highest BCUT2D eigenvalue weighted by molar-refractivity contribution is 6.31. The van der Waals surface area contributed by atoms with Gasteiger partial charge in [-0.2, -0.15) is 0 Å². The molecule has 0 unspecified atom stereocenters. The molecular formula is C12H10Cl2N4O3. The maximum absolute atomic E-state index is 11.0. The first kappa shape index (κ1) is 15.3. The van der Waals surface area contributed by atoms with E-state index < -0.39 is 4.92 Å². The van der Waals surface area contributed by atoms with E-state index in [0.717, 1.165) is 0 Å². The number of halogens is 2. The molecule has 0 aliphatic heterocycles. The third-order valence-corrected chi connectivity index (χ3v) is 3.13. The van der Waals surface area contributed by atoms with Crippen LogP contribution < -0.4 is 16.0 Å². The van der Waals surface area contributed by atoms with Gasteiger partial charge in [-0.25, -0.2) is 10.8 Å². The van der Waals surface area contributed by atoms with Crippen molar-refractivity contribution in [3.63, 3.8) is 0 Å². The van der Waals surface area contributed by atoms with Gasteiger partial charge >= 0.3 is 5.69 Å². The SMILES string of the molecule is NNc1ccc(Cl)c(COc2ccc(Cl)cc2[N+](=O)[O-])n1. The first-order chi connectivity index (χ1) is 10.0. The Morgan fingerprint density at radius 2 is 2.10 bits per heavy atom. The molecule has 0 saturated carbocycles. The number of aromatic nitrogens is 1. The van der Waals surface area contributed by atoms with E-state index in [1.807, 2.05) is 0 Å². The van der Waals surface area contributed by atoms with Crippen molar-refractivity contribution < 1.29 is 9.66 Å². The van der Waals surface area contributed by atoms with Crippen LogP contribution in [0.25, 0.3) is 0 Å². The predicted molar refractivity (Wildman–Crippen MR) is 79.5 cm³/mol. The van der Waals surface area contributed by atoms with Crippen LogP contribution in [0.3, 0.4) is 0 Å². The van der Waals surface area contributed by atoms with Crippen molar-refractivity contribution in [2.75, 3.05) is 5.43 Å². The third-order valence-electron chi connectivity index (χ3n) is 2.55. The van der Waals surface area contributed by atoms with Crippen LogP contribution in [-0.2, 0) is 6.61 Å². The Hall–Kier alpha value is -2.09. The van der Waals surface area contributed by atoms with Gasteiger partial charge in [-0.1, -0.05) is 23.2 Å². The Kier molecular flexibility index (Phi) is 4.79. The molecule has 9 heteroatoms. The lowest BCUT2D eigenvalue weighted by molar-refractivity contribution is -0.385. The average Bonchev–Trinajstić information content (AvgIpc) is 2.47. The lowest BCUT2D eigenvalue weighted by Crippen LogP contribution is -2.10.